The third kappa shape index (κ3) is 2.89. The Kier molecular flexibility index (Phi) is 3.98. The molecular formula is C23H20N4O2. The maximum Gasteiger partial charge on any atom is 0.255 e. The van der Waals surface area contributed by atoms with Crippen molar-refractivity contribution in [3.63, 3.8) is 0 Å². The summed E-state index contributed by atoms with van der Waals surface area (Å²) in [4.78, 5) is 18.0. The minimum absolute atomic E-state index is 0.177. The quantitative estimate of drug-likeness (QED) is 0.529. The number of carbonyl (C=O) groups is 1. The van der Waals surface area contributed by atoms with E-state index >= 15 is 0 Å². The molecule has 1 aliphatic rings. The molecule has 6 nitrogen and oxygen atoms in total. The maximum atomic E-state index is 13.4. The number of nitrogens with one attached hydrogen (secondary N) is 2. The monoisotopic (exact) mass is 384 g/mol. The lowest BCUT2D eigenvalue weighted by Gasteiger charge is -2.29. The molecule has 0 fully saturated rings. The number of rotatable bonds is 3. The van der Waals surface area contributed by atoms with Gasteiger partial charge in [0.2, 0.25) is 5.95 Å². The maximum absolute atomic E-state index is 13.4. The molecule has 1 aliphatic heterocycles. The Labute approximate surface area is 167 Å². The number of fused-ring (bicyclic) bond motifs is 3. The summed E-state index contributed by atoms with van der Waals surface area (Å²) in [5.41, 5.74) is 5.03. The van der Waals surface area contributed by atoms with Gasteiger partial charge in [0.1, 0.15) is 11.8 Å². The first-order valence-electron chi connectivity index (χ1n) is 9.48. The van der Waals surface area contributed by atoms with Crippen LogP contribution >= 0.6 is 0 Å². The molecule has 4 aromatic rings. The largest absolute Gasteiger partial charge is 0.467 e. The lowest BCUT2D eigenvalue weighted by Crippen LogP contribution is -2.30. The lowest BCUT2D eigenvalue weighted by atomic mass is 9.99. The first-order valence-corrected chi connectivity index (χ1v) is 9.48. The van der Waals surface area contributed by atoms with Crippen molar-refractivity contribution >= 4 is 28.6 Å². The fourth-order valence-electron chi connectivity index (χ4n) is 3.81. The van der Waals surface area contributed by atoms with E-state index in [1.807, 2.05) is 79.1 Å². The zero-order valence-corrected chi connectivity index (χ0v) is 16.1. The van der Waals surface area contributed by atoms with Crippen LogP contribution in [0, 0.1) is 6.92 Å². The van der Waals surface area contributed by atoms with E-state index in [1.165, 1.54) is 0 Å². The smallest absolute Gasteiger partial charge is 0.255 e. The second-order valence-electron chi connectivity index (χ2n) is 7.20. The van der Waals surface area contributed by atoms with E-state index in [1.54, 1.807) is 6.26 Å². The molecule has 1 amide bonds. The second kappa shape index (κ2) is 6.67. The molecule has 0 bridgehead atoms. The van der Waals surface area contributed by atoms with Crippen molar-refractivity contribution in [2.24, 2.45) is 0 Å². The van der Waals surface area contributed by atoms with Crippen molar-refractivity contribution in [3.05, 3.63) is 89.5 Å². The van der Waals surface area contributed by atoms with Gasteiger partial charge in [0.05, 0.1) is 22.9 Å². The number of carbonyl (C=O) groups excluding carboxylic acids is 1. The van der Waals surface area contributed by atoms with Gasteiger partial charge in [-0.05, 0) is 50.2 Å². The van der Waals surface area contributed by atoms with Crippen LogP contribution in [-0.4, -0.2) is 15.5 Å². The summed E-state index contributed by atoms with van der Waals surface area (Å²) < 4.78 is 7.77. The molecule has 5 rings (SSSR count). The molecule has 2 N–H and O–H groups in total. The lowest BCUT2D eigenvalue weighted by molar-refractivity contribution is -0.113. The van der Waals surface area contributed by atoms with Crippen LogP contribution in [-0.2, 0) is 4.79 Å². The molecule has 0 spiro atoms. The Bertz CT molecular complexity index is 1230. The predicted octanol–water partition coefficient (Wildman–Crippen LogP) is 4.87. The fraction of sp³-hybridized carbons (Fsp3) is 0.130. The number of allylic oxidation sites excluding steroid dienone is 1. The van der Waals surface area contributed by atoms with Crippen LogP contribution in [0.3, 0.4) is 0 Å². The molecule has 2 aromatic heterocycles. The van der Waals surface area contributed by atoms with Gasteiger partial charge in [-0.2, -0.15) is 0 Å². The molecule has 6 heteroatoms. The Morgan fingerprint density at radius 1 is 1.07 bits per heavy atom. The van der Waals surface area contributed by atoms with Gasteiger partial charge in [-0.3, -0.25) is 9.36 Å². The number of anilines is 2. The molecule has 3 heterocycles. The van der Waals surface area contributed by atoms with E-state index in [9.17, 15) is 4.79 Å². The van der Waals surface area contributed by atoms with E-state index < -0.39 is 6.04 Å². The van der Waals surface area contributed by atoms with Crippen LogP contribution in [0.25, 0.3) is 11.0 Å². The number of benzene rings is 2. The molecule has 0 aliphatic carbocycles. The molecule has 29 heavy (non-hydrogen) atoms. The fourth-order valence-corrected chi connectivity index (χ4v) is 3.81. The molecule has 144 valence electrons. The van der Waals surface area contributed by atoms with Crippen LogP contribution in [0.2, 0.25) is 0 Å². The number of hydrogen-bond donors (Lipinski definition) is 2. The molecule has 0 saturated heterocycles. The van der Waals surface area contributed by atoms with Gasteiger partial charge in [-0.25, -0.2) is 4.98 Å². The normalized spacial score (nSPS) is 15.9. The van der Waals surface area contributed by atoms with Gasteiger partial charge in [-0.1, -0.05) is 29.8 Å². The summed E-state index contributed by atoms with van der Waals surface area (Å²) >= 11 is 0. The highest BCUT2D eigenvalue weighted by Gasteiger charge is 2.35. The second-order valence-corrected chi connectivity index (χ2v) is 7.20. The number of aryl methyl sites for hydroxylation is 1. The highest BCUT2D eigenvalue weighted by Crippen LogP contribution is 2.39. The van der Waals surface area contributed by atoms with Crippen molar-refractivity contribution in [2.45, 2.75) is 19.9 Å². The van der Waals surface area contributed by atoms with Crippen LogP contribution in [0.1, 0.15) is 24.3 Å². The number of amides is 1. The summed E-state index contributed by atoms with van der Waals surface area (Å²) in [6.07, 6.45) is 1.63. The van der Waals surface area contributed by atoms with E-state index in [2.05, 4.69) is 10.6 Å². The van der Waals surface area contributed by atoms with Crippen molar-refractivity contribution in [1.29, 1.82) is 0 Å². The van der Waals surface area contributed by atoms with Crippen molar-refractivity contribution in [2.75, 3.05) is 10.6 Å². The van der Waals surface area contributed by atoms with Gasteiger partial charge in [-0.15, -0.1) is 0 Å². The average molecular weight is 384 g/mol. The molecule has 2 aromatic carbocycles. The Balaban J connectivity index is 1.63. The van der Waals surface area contributed by atoms with E-state index in [0.29, 0.717) is 17.3 Å². The van der Waals surface area contributed by atoms with Gasteiger partial charge < -0.3 is 15.1 Å². The zero-order chi connectivity index (χ0) is 20.0. The topological polar surface area (TPSA) is 72.1 Å². The molecule has 0 radical (unpaired) electrons. The summed E-state index contributed by atoms with van der Waals surface area (Å²) in [5.74, 6) is 1.20. The number of para-hydroxylation sites is 2. The molecule has 0 saturated carbocycles. The van der Waals surface area contributed by atoms with Gasteiger partial charge >= 0.3 is 0 Å². The van der Waals surface area contributed by atoms with Crippen molar-refractivity contribution in [1.82, 2.24) is 9.55 Å². The Hall–Kier alpha value is -3.80. The summed E-state index contributed by atoms with van der Waals surface area (Å²) in [6, 6.07) is 18.9. The van der Waals surface area contributed by atoms with Crippen LogP contribution in [0.5, 0.6) is 0 Å². The number of nitrogens with zero attached hydrogens (tertiary/aromatic N) is 2. The van der Waals surface area contributed by atoms with Gasteiger partial charge in [0.15, 0.2) is 0 Å². The van der Waals surface area contributed by atoms with E-state index in [0.717, 1.165) is 28.0 Å². The van der Waals surface area contributed by atoms with Gasteiger partial charge in [0.25, 0.3) is 5.91 Å². The number of hydrogen-bond acceptors (Lipinski definition) is 4. The standard InChI is InChI=1S/C23H20N4O2/c1-14-9-11-16(12-10-14)25-22(28)20-15(2)24-23-26-17-6-3-4-7-18(17)27(23)21(20)19-8-5-13-29-19/h3-13,21H,1-2H3,(H,24,26)(H,25,28)/t21-/m0/s1. The minimum atomic E-state index is -0.418. The van der Waals surface area contributed by atoms with Crippen molar-refractivity contribution in [3.8, 4) is 0 Å². The summed E-state index contributed by atoms with van der Waals surface area (Å²) in [5, 5.41) is 6.32. The number of aromatic nitrogens is 2. The van der Waals surface area contributed by atoms with Crippen LogP contribution < -0.4 is 10.6 Å². The zero-order valence-electron chi connectivity index (χ0n) is 16.1. The molecular weight excluding hydrogens is 364 g/mol. The highest BCUT2D eigenvalue weighted by molar-refractivity contribution is 6.06. The summed E-state index contributed by atoms with van der Waals surface area (Å²) in [7, 11) is 0. The van der Waals surface area contributed by atoms with E-state index in [-0.39, 0.29) is 5.91 Å². The molecule has 0 unspecified atom stereocenters. The van der Waals surface area contributed by atoms with Crippen LogP contribution in [0.4, 0.5) is 11.6 Å². The highest BCUT2D eigenvalue weighted by atomic mass is 16.3. The van der Waals surface area contributed by atoms with Gasteiger partial charge in [0, 0.05) is 11.4 Å². The molecule has 1 atom stereocenters. The third-order valence-corrected chi connectivity index (χ3v) is 5.20. The SMILES string of the molecule is CC1=C(C(=O)Nc2ccc(C)cc2)[C@H](c2ccco2)n2c(nc3ccccc32)N1. The number of furan rings is 1. The van der Waals surface area contributed by atoms with Crippen LogP contribution in [0.15, 0.2) is 82.6 Å². The average Bonchev–Trinajstić information content (AvgIpc) is 3.36. The van der Waals surface area contributed by atoms with E-state index in [4.69, 9.17) is 9.40 Å². The Morgan fingerprint density at radius 3 is 2.62 bits per heavy atom. The number of imidazole rings is 1. The predicted molar refractivity (Wildman–Crippen MR) is 113 cm³/mol. The minimum Gasteiger partial charge on any atom is -0.467 e. The summed E-state index contributed by atoms with van der Waals surface area (Å²) in [6.45, 7) is 3.91. The first kappa shape index (κ1) is 17.3. The van der Waals surface area contributed by atoms with Crippen molar-refractivity contribution < 1.29 is 9.21 Å². The first-order chi connectivity index (χ1) is 14.1. The Morgan fingerprint density at radius 2 is 1.86 bits per heavy atom. The third-order valence-electron chi connectivity index (χ3n) is 5.20.